The van der Waals surface area contributed by atoms with Gasteiger partial charge in [0.1, 0.15) is 18.1 Å². The summed E-state index contributed by atoms with van der Waals surface area (Å²) in [7, 11) is 0. The number of para-hydroxylation sites is 1. The first-order chi connectivity index (χ1) is 15.1. The minimum absolute atomic E-state index is 0.154. The summed E-state index contributed by atoms with van der Waals surface area (Å²) in [4.78, 5) is 14.9. The monoisotopic (exact) mass is 507 g/mol. The van der Waals surface area contributed by atoms with E-state index in [4.69, 9.17) is 30.2 Å². The van der Waals surface area contributed by atoms with Gasteiger partial charge in [0.2, 0.25) is 0 Å². The molecule has 0 N–H and O–H groups in total. The lowest BCUT2D eigenvalue weighted by atomic mass is 10.1. The van der Waals surface area contributed by atoms with Gasteiger partial charge in [-0.05, 0) is 30.3 Å². The molecule has 8 heteroatoms. The molecule has 4 rings (SSSR count). The largest absolute Gasteiger partial charge is 0.490 e. The molecule has 2 heterocycles. The van der Waals surface area contributed by atoms with Gasteiger partial charge < -0.3 is 18.6 Å². The minimum atomic E-state index is -0.154. The summed E-state index contributed by atoms with van der Waals surface area (Å²) in [5.74, 6) is 1.00. The van der Waals surface area contributed by atoms with Crippen molar-refractivity contribution in [2.75, 3.05) is 52.7 Å². The van der Waals surface area contributed by atoms with Gasteiger partial charge in [0, 0.05) is 30.2 Å². The van der Waals surface area contributed by atoms with Crippen LogP contribution >= 0.6 is 27.5 Å². The first-order valence-corrected chi connectivity index (χ1v) is 11.3. The first kappa shape index (κ1) is 22.3. The Bertz CT molecular complexity index is 1100. The molecule has 0 radical (unpaired) electrons. The second kappa shape index (κ2) is 10.6. The Morgan fingerprint density at radius 2 is 1.90 bits per heavy atom. The van der Waals surface area contributed by atoms with Gasteiger partial charge in [0.25, 0.3) is 0 Å². The number of halogens is 2. The third-order valence-electron chi connectivity index (χ3n) is 5.06. The molecule has 6 nitrogen and oxygen atoms in total. The Morgan fingerprint density at radius 1 is 1.06 bits per heavy atom. The molecule has 31 heavy (non-hydrogen) atoms. The number of morpholine rings is 1. The highest BCUT2D eigenvalue weighted by Crippen LogP contribution is 2.34. The first-order valence-electron chi connectivity index (χ1n) is 10.1. The standard InChI is InChI=1S/C23H23BrClNO5/c24-16-4-5-18(22-15-20(27)17-2-1-3-19(25)23(17)31-22)21(14-16)30-13-12-29-11-8-26-6-9-28-10-7-26/h1-5,14-15H,6-13H2. The number of nitrogens with zero attached hydrogens (tertiary/aromatic N) is 1. The van der Waals surface area contributed by atoms with E-state index in [1.165, 1.54) is 6.07 Å². The van der Waals surface area contributed by atoms with Gasteiger partial charge >= 0.3 is 0 Å². The fraction of sp³-hybridized carbons (Fsp3) is 0.348. The van der Waals surface area contributed by atoms with Crippen molar-refractivity contribution in [3.63, 3.8) is 0 Å². The van der Waals surface area contributed by atoms with Crippen molar-refractivity contribution in [3.05, 3.63) is 62.2 Å². The van der Waals surface area contributed by atoms with Crippen LogP contribution < -0.4 is 10.2 Å². The summed E-state index contributed by atoms with van der Waals surface area (Å²) in [5, 5.41) is 0.842. The quantitative estimate of drug-likeness (QED) is 0.414. The zero-order chi connectivity index (χ0) is 21.6. The van der Waals surface area contributed by atoms with E-state index in [2.05, 4.69) is 20.8 Å². The molecule has 0 spiro atoms. The molecule has 0 aliphatic carbocycles. The van der Waals surface area contributed by atoms with E-state index in [0.29, 0.717) is 52.9 Å². The summed E-state index contributed by atoms with van der Waals surface area (Å²) in [6.45, 7) is 5.83. The SMILES string of the molecule is O=c1cc(-c2ccc(Br)cc2OCCOCCN2CCOCC2)oc2c(Cl)cccc12. The van der Waals surface area contributed by atoms with Crippen molar-refractivity contribution in [2.45, 2.75) is 0 Å². The Morgan fingerprint density at radius 3 is 2.74 bits per heavy atom. The summed E-state index contributed by atoms with van der Waals surface area (Å²) >= 11 is 9.72. The lowest BCUT2D eigenvalue weighted by Gasteiger charge is -2.26. The van der Waals surface area contributed by atoms with Gasteiger partial charge in [0.05, 0.1) is 42.4 Å². The number of hydrogen-bond donors (Lipinski definition) is 0. The van der Waals surface area contributed by atoms with Crippen LogP contribution in [0.2, 0.25) is 5.02 Å². The summed E-state index contributed by atoms with van der Waals surface area (Å²) in [5.41, 5.74) is 0.890. The summed E-state index contributed by atoms with van der Waals surface area (Å²) < 4.78 is 23.9. The maximum atomic E-state index is 12.6. The number of fused-ring (bicyclic) bond motifs is 1. The normalized spacial score (nSPS) is 14.8. The Balaban J connectivity index is 1.43. The van der Waals surface area contributed by atoms with E-state index in [9.17, 15) is 4.79 Å². The topological polar surface area (TPSA) is 61.1 Å². The summed E-state index contributed by atoms with van der Waals surface area (Å²) in [6.07, 6.45) is 0. The fourth-order valence-corrected chi connectivity index (χ4v) is 3.98. The summed E-state index contributed by atoms with van der Waals surface area (Å²) in [6, 6.07) is 12.2. The van der Waals surface area contributed by atoms with E-state index in [-0.39, 0.29) is 5.43 Å². The van der Waals surface area contributed by atoms with E-state index in [1.807, 2.05) is 18.2 Å². The maximum Gasteiger partial charge on any atom is 0.193 e. The van der Waals surface area contributed by atoms with Crippen LogP contribution in [0.4, 0.5) is 0 Å². The third-order valence-corrected chi connectivity index (χ3v) is 5.85. The number of rotatable bonds is 8. The van der Waals surface area contributed by atoms with Crippen LogP contribution in [-0.2, 0) is 9.47 Å². The lowest BCUT2D eigenvalue weighted by molar-refractivity contribution is 0.0170. The molecular formula is C23H23BrClNO5. The second-order valence-corrected chi connectivity index (χ2v) is 8.47. The Hall–Kier alpha value is -1.90. The minimum Gasteiger partial charge on any atom is -0.490 e. The molecular weight excluding hydrogens is 486 g/mol. The lowest BCUT2D eigenvalue weighted by Crippen LogP contribution is -2.38. The average Bonchev–Trinajstić information content (AvgIpc) is 2.77. The molecule has 1 aliphatic heterocycles. The van der Waals surface area contributed by atoms with Gasteiger partial charge in [-0.3, -0.25) is 9.69 Å². The van der Waals surface area contributed by atoms with Crippen molar-refractivity contribution in [1.82, 2.24) is 4.90 Å². The van der Waals surface area contributed by atoms with Crippen LogP contribution in [0, 0.1) is 0 Å². The van der Waals surface area contributed by atoms with E-state index in [1.54, 1.807) is 18.2 Å². The van der Waals surface area contributed by atoms with Crippen LogP contribution in [-0.4, -0.2) is 57.6 Å². The molecule has 1 aromatic heterocycles. The number of ether oxygens (including phenoxy) is 3. The van der Waals surface area contributed by atoms with Crippen LogP contribution in [0.15, 0.2) is 56.1 Å². The van der Waals surface area contributed by atoms with Gasteiger partial charge in [0.15, 0.2) is 11.0 Å². The molecule has 0 amide bonds. The van der Waals surface area contributed by atoms with Crippen LogP contribution in [0.25, 0.3) is 22.3 Å². The smallest absolute Gasteiger partial charge is 0.193 e. The third kappa shape index (κ3) is 5.67. The van der Waals surface area contributed by atoms with Gasteiger partial charge in [-0.1, -0.05) is 33.6 Å². The highest BCUT2D eigenvalue weighted by molar-refractivity contribution is 9.10. The molecule has 1 fully saturated rings. The Kier molecular flexibility index (Phi) is 7.63. The molecule has 1 aliphatic rings. The average molecular weight is 509 g/mol. The molecule has 0 saturated carbocycles. The van der Waals surface area contributed by atoms with E-state index in [0.717, 1.165) is 37.3 Å². The van der Waals surface area contributed by atoms with Crippen LogP contribution in [0.3, 0.4) is 0 Å². The molecule has 0 atom stereocenters. The fourth-order valence-electron chi connectivity index (χ4n) is 3.43. The maximum absolute atomic E-state index is 12.6. The van der Waals surface area contributed by atoms with Gasteiger partial charge in [-0.15, -0.1) is 0 Å². The van der Waals surface area contributed by atoms with Crippen molar-refractivity contribution in [1.29, 1.82) is 0 Å². The Labute approximate surface area is 193 Å². The second-order valence-electron chi connectivity index (χ2n) is 7.15. The molecule has 0 unspecified atom stereocenters. The van der Waals surface area contributed by atoms with E-state index < -0.39 is 0 Å². The predicted octanol–water partition coefficient (Wildman–Crippen LogP) is 4.60. The molecule has 1 saturated heterocycles. The highest BCUT2D eigenvalue weighted by Gasteiger charge is 2.14. The molecule has 3 aromatic rings. The van der Waals surface area contributed by atoms with E-state index >= 15 is 0 Å². The van der Waals surface area contributed by atoms with Crippen molar-refractivity contribution < 1.29 is 18.6 Å². The van der Waals surface area contributed by atoms with Gasteiger partial charge in [-0.2, -0.15) is 0 Å². The molecule has 164 valence electrons. The van der Waals surface area contributed by atoms with Gasteiger partial charge in [-0.25, -0.2) is 0 Å². The zero-order valence-electron chi connectivity index (χ0n) is 16.9. The predicted molar refractivity (Wildman–Crippen MR) is 124 cm³/mol. The van der Waals surface area contributed by atoms with Crippen LogP contribution in [0.5, 0.6) is 5.75 Å². The number of benzene rings is 2. The molecule has 2 aromatic carbocycles. The zero-order valence-corrected chi connectivity index (χ0v) is 19.3. The van der Waals surface area contributed by atoms with Crippen molar-refractivity contribution in [3.8, 4) is 17.1 Å². The molecule has 0 bridgehead atoms. The van der Waals surface area contributed by atoms with Crippen LogP contribution in [0.1, 0.15) is 0 Å². The van der Waals surface area contributed by atoms with Crippen molar-refractivity contribution >= 4 is 38.5 Å². The highest BCUT2D eigenvalue weighted by atomic mass is 79.9. The number of hydrogen-bond acceptors (Lipinski definition) is 6. The van der Waals surface area contributed by atoms with Crippen molar-refractivity contribution in [2.24, 2.45) is 0 Å².